The van der Waals surface area contributed by atoms with Gasteiger partial charge < -0.3 is 29.4 Å². The average Bonchev–Trinajstić information content (AvgIpc) is 3.61. The molecule has 10 heteroatoms. The molecule has 3 aliphatic rings. The monoisotopic (exact) mass is 631 g/mol. The number of carbonyl (C=O) groups excluding carboxylic acids is 2. The Kier molecular flexibility index (Phi) is 7.67. The highest BCUT2D eigenvalue weighted by atomic mass is 16.5. The molecule has 5 aromatic rings. The second kappa shape index (κ2) is 12.2. The fourth-order valence-corrected chi connectivity index (χ4v) is 7.44. The highest BCUT2D eigenvalue weighted by Crippen LogP contribution is 2.33. The van der Waals surface area contributed by atoms with Gasteiger partial charge >= 0.3 is 0 Å². The molecule has 1 fully saturated rings. The van der Waals surface area contributed by atoms with Gasteiger partial charge in [0.1, 0.15) is 11.4 Å². The van der Waals surface area contributed by atoms with Crippen LogP contribution in [0.3, 0.4) is 0 Å². The normalized spacial score (nSPS) is 20.5. The number of amides is 2. The molecule has 0 aliphatic carbocycles. The Hall–Kier alpha value is -4.70. The number of aryl methyl sites for hydroxylation is 2. The third-order valence-electron chi connectivity index (χ3n) is 10.1. The van der Waals surface area contributed by atoms with Gasteiger partial charge in [0.15, 0.2) is 5.82 Å². The van der Waals surface area contributed by atoms with Crippen LogP contribution in [0.15, 0.2) is 54.6 Å². The molecule has 2 amide bonds. The number of benzene rings is 2. The summed E-state index contributed by atoms with van der Waals surface area (Å²) < 4.78 is 10.5. The maximum absolute atomic E-state index is 13.7. The van der Waals surface area contributed by atoms with E-state index >= 15 is 0 Å². The van der Waals surface area contributed by atoms with Gasteiger partial charge in [0, 0.05) is 43.7 Å². The highest BCUT2D eigenvalue weighted by Gasteiger charge is 2.29. The minimum Gasteiger partial charge on any atom is -0.493 e. The number of aromatic nitrogens is 4. The van der Waals surface area contributed by atoms with Crippen LogP contribution in [0.4, 0.5) is 0 Å². The summed E-state index contributed by atoms with van der Waals surface area (Å²) in [6, 6.07) is 17.8. The largest absolute Gasteiger partial charge is 0.493 e. The van der Waals surface area contributed by atoms with Crippen LogP contribution in [0, 0.1) is 0 Å². The number of piperidine rings is 1. The zero-order valence-corrected chi connectivity index (χ0v) is 27.1. The summed E-state index contributed by atoms with van der Waals surface area (Å²) in [5, 5.41) is 7.72. The molecule has 1 saturated heterocycles. The standard InChI is InChI=1S/C37H41N7O3/c1-23-29-13-12-25-20-32(44(34(25)40-29)16-7-8-18-47-33-11-4-3-10-27(33)36(45)39-23)35-41-30-21-28-24(19-31(30)42(35)2)14-17-43(37(28)46)22-26-9-5-6-15-38-26/h3-4,10-13,19-21,23,26,38H,5-9,14-18,22H2,1-2H3,(H,39,45). The molecule has 6 heterocycles. The number of rotatable bonds is 3. The van der Waals surface area contributed by atoms with Crippen molar-refractivity contribution in [3.8, 4) is 17.3 Å². The molecule has 3 aromatic heterocycles. The summed E-state index contributed by atoms with van der Waals surface area (Å²) in [4.78, 5) is 39.2. The third kappa shape index (κ3) is 5.44. The van der Waals surface area contributed by atoms with Crippen molar-refractivity contribution in [2.24, 2.45) is 7.05 Å². The molecule has 10 nitrogen and oxygen atoms in total. The molecule has 0 radical (unpaired) electrons. The van der Waals surface area contributed by atoms with Crippen molar-refractivity contribution >= 4 is 33.9 Å². The molecule has 0 spiro atoms. The summed E-state index contributed by atoms with van der Waals surface area (Å²) in [6.45, 7) is 5.74. The first-order valence-electron chi connectivity index (χ1n) is 17.0. The fraction of sp³-hybridized carbons (Fsp3) is 0.405. The Morgan fingerprint density at radius 1 is 0.957 bits per heavy atom. The first kappa shape index (κ1) is 29.7. The minimum absolute atomic E-state index is 0.109. The summed E-state index contributed by atoms with van der Waals surface area (Å²) in [5.74, 6) is 1.36. The Labute approximate surface area is 274 Å². The molecule has 242 valence electrons. The molecule has 3 aliphatic heterocycles. The molecule has 2 aromatic carbocycles. The van der Waals surface area contributed by atoms with Gasteiger partial charge in [-0.2, -0.15) is 0 Å². The maximum Gasteiger partial charge on any atom is 0.255 e. The van der Waals surface area contributed by atoms with E-state index in [1.165, 1.54) is 12.8 Å². The lowest BCUT2D eigenvalue weighted by molar-refractivity contribution is 0.0715. The number of nitrogens with one attached hydrogen (secondary N) is 2. The number of ether oxygens (including phenoxy) is 1. The fourth-order valence-electron chi connectivity index (χ4n) is 7.44. The van der Waals surface area contributed by atoms with Crippen LogP contribution in [0.25, 0.3) is 33.6 Å². The van der Waals surface area contributed by atoms with E-state index in [1.807, 2.05) is 42.2 Å². The number of nitrogens with zero attached hydrogens (tertiary/aromatic N) is 5. The molecular formula is C37H41N7O3. The van der Waals surface area contributed by atoms with Crippen molar-refractivity contribution < 1.29 is 14.3 Å². The van der Waals surface area contributed by atoms with Gasteiger partial charge in [-0.3, -0.25) is 9.59 Å². The van der Waals surface area contributed by atoms with Crippen molar-refractivity contribution in [2.45, 2.75) is 64.1 Å². The van der Waals surface area contributed by atoms with E-state index in [1.54, 1.807) is 6.07 Å². The number of carbonyl (C=O) groups is 2. The number of para-hydroxylation sites is 1. The lowest BCUT2D eigenvalue weighted by atomic mass is 9.96. The van der Waals surface area contributed by atoms with Crippen LogP contribution in [0.5, 0.6) is 5.75 Å². The van der Waals surface area contributed by atoms with E-state index in [0.717, 1.165) is 102 Å². The molecule has 0 saturated carbocycles. The molecule has 2 atom stereocenters. The predicted molar refractivity (Wildman–Crippen MR) is 182 cm³/mol. The van der Waals surface area contributed by atoms with E-state index < -0.39 is 0 Å². The molecule has 2 unspecified atom stereocenters. The number of imidazole rings is 1. The summed E-state index contributed by atoms with van der Waals surface area (Å²) in [5.41, 5.74) is 6.87. The highest BCUT2D eigenvalue weighted by molar-refractivity contribution is 6.01. The van der Waals surface area contributed by atoms with Crippen molar-refractivity contribution in [1.29, 1.82) is 0 Å². The Balaban J connectivity index is 1.15. The van der Waals surface area contributed by atoms with E-state index in [9.17, 15) is 9.59 Å². The van der Waals surface area contributed by atoms with Gasteiger partial charge in [0.05, 0.1) is 40.6 Å². The lowest BCUT2D eigenvalue weighted by Gasteiger charge is -2.33. The van der Waals surface area contributed by atoms with Crippen molar-refractivity contribution in [3.63, 3.8) is 0 Å². The first-order valence-corrected chi connectivity index (χ1v) is 17.0. The number of hydrogen-bond acceptors (Lipinski definition) is 6. The Bertz CT molecular complexity index is 2000. The quantitative estimate of drug-likeness (QED) is 0.277. The predicted octanol–water partition coefficient (Wildman–Crippen LogP) is 5.39. The number of pyridine rings is 1. The second-order valence-electron chi connectivity index (χ2n) is 13.2. The van der Waals surface area contributed by atoms with Gasteiger partial charge in [-0.05, 0) is 93.6 Å². The van der Waals surface area contributed by atoms with Crippen LogP contribution in [-0.2, 0) is 20.0 Å². The van der Waals surface area contributed by atoms with Crippen LogP contribution in [0.2, 0.25) is 0 Å². The molecular weight excluding hydrogens is 590 g/mol. The van der Waals surface area contributed by atoms with E-state index in [2.05, 4.69) is 45.0 Å². The topological polar surface area (TPSA) is 106 Å². The maximum atomic E-state index is 13.7. The van der Waals surface area contributed by atoms with E-state index in [-0.39, 0.29) is 17.9 Å². The van der Waals surface area contributed by atoms with Crippen molar-refractivity contribution in [3.05, 3.63) is 77.0 Å². The van der Waals surface area contributed by atoms with Crippen LogP contribution < -0.4 is 15.4 Å². The average molecular weight is 632 g/mol. The van der Waals surface area contributed by atoms with Crippen LogP contribution in [0.1, 0.15) is 77.0 Å². The van der Waals surface area contributed by atoms with Crippen molar-refractivity contribution in [1.82, 2.24) is 34.6 Å². The third-order valence-corrected chi connectivity index (χ3v) is 10.1. The van der Waals surface area contributed by atoms with Gasteiger partial charge in [-0.1, -0.05) is 18.6 Å². The van der Waals surface area contributed by atoms with Gasteiger partial charge in [-0.15, -0.1) is 0 Å². The van der Waals surface area contributed by atoms with Gasteiger partial charge in [-0.25, -0.2) is 9.97 Å². The molecule has 8 rings (SSSR count). The second-order valence-corrected chi connectivity index (χ2v) is 13.2. The van der Waals surface area contributed by atoms with Gasteiger partial charge in [0.2, 0.25) is 0 Å². The SMILES string of the molecule is CC1NC(=O)c2ccccc2OCCCCn2c(-c3nc4cc5c(cc4n3C)CCN(CC3CCCCN3)C5=O)cc3ccc1nc32. The number of fused-ring (bicyclic) bond motifs is 4. The molecule has 2 N–H and O–H groups in total. The lowest BCUT2D eigenvalue weighted by Crippen LogP contribution is -2.48. The zero-order valence-electron chi connectivity index (χ0n) is 27.1. The summed E-state index contributed by atoms with van der Waals surface area (Å²) in [7, 11) is 2.05. The smallest absolute Gasteiger partial charge is 0.255 e. The van der Waals surface area contributed by atoms with Crippen molar-refractivity contribution in [2.75, 3.05) is 26.2 Å². The summed E-state index contributed by atoms with van der Waals surface area (Å²) >= 11 is 0. The van der Waals surface area contributed by atoms with Gasteiger partial charge in [0.25, 0.3) is 11.8 Å². The molecule has 2 bridgehead atoms. The number of hydrogen-bond donors (Lipinski definition) is 2. The Morgan fingerprint density at radius 3 is 2.72 bits per heavy atom. The van der Waals surface area contributed by atoms with Crippen LogP contribution >= 0.6 is 0 Å². The summed E-state index contributed by atoms with van der Waals surface area (Å²) in [6.07, 6.45) is 6.08. The Morgan fingerprint density at radius 2 is 1.85 bits per heavy atom. The van der Waals surface area contributed by atoms with Crippen LogP contribution in [-0.4, -0.2) is 68.1 Å². The zero-order chi connectivity index (χ0) is 32.1. The van der Waals surface area contributed by atoms with E-state index in [0.29, 0.717) is 24.0 Å². The van der Waals surface area contributed by atoms with E-state index in [4.69, 9.17) is 14.7 Å². The molecule has 47 heavy (non-hydrogen) atoms. The minimum atomic E-state index is -0.303. The first-order chi connectivity index (χ1) is 22.9.